The number of rotatable bonds is 7. The van der Waals surface area contributed by atoms with E-state index >= 15 is 0 Å². The fraction of sp³-hybridized carbons (Fsp3) is 0.571. The number of halogens is 1. The zero-order valence-electron chi connectivity index (χ0n) is 10.9. The average Bonchev–Trinajstić information content (AvgIpc) is 2.36. The Labute approximate surface area is 107 Å². The lowest BCUT2D eigenvalue weighted by Gasteiger charge is -2.30. The highest BCUT2D eigenvalue weighted by Crippen LogP contribution is 2.27. The third kappa shape index (κ3) is 3.77. The van der Waals surface area contributed by atoms with Gasteiger partial charge < -0.3 is 14.9 Å². The van der Waals surface area contributed by atoms with Crippen molar-refractivity contribution >= 4 is 0 Å². The molecule has 2 N–H and O–H groups in total. The number of hydrogen-bond acceptors (Lipinski definition) is 3. The molecule has 1 aromatic rings. The van der Waals surface area contributed by atoms with Gasteiger partial charge in [-0.1, -0.05) is 12.1 Å². The highest BCUT2D eigenvalue weighted by atomic mass is 19.1. The molecule has 1 rings (SSSR count). The molecule has 18 heavy (non-hydrogen) atoms. The fourth-order valence-electron chi connectivity index (χ4n) is 1.83. The summed E-state index contributed by atoms with van der Waals surface area (Å²) in [5.74, 6) is -0.332. The molecule has 102 valence electrons. The molecular formula is C14H21FO3. The number of aliphatic hydroxyl groups excluding tert-OH is 2. The van der Waals surface area contributed by atoms with Crippen LogP contribution in [0.1, 0.15) is 25.8 Å². The van der Waals surface area contributed by atoms with E-state index < -0.39 is 5.41 Å². The van der Waals surface area contributed by atoms with E-state index in [2.05, 4.69) is 0 Å². The van der Waals surface area contributed by atoms with Gasteiger partial charge in [-0.3, -0.25) is 0 Å². The molecule has 0 aromatic heterocycles. The molecule has 0 atom stereocenters. The van der Waals surface area contributed by atoms with Crippen molar-refractivity contribution in [2.24, 2.45) is 0 Å². The van der Waals surface area contributed by atoms with E-state index in [1.54, 1.807) is 12.1 Å². The molecule has 1 aromatic carbocycles. The molecule has 0 saturated heterocycles. The Morgan fingerprint density at radius 1 is 1.17 bits per heavy atom. The maximum Gasteiger partial charge on any atom is 0.123 e. The van der Waals surface area contributed by atoms with Crippen molar-refractivity contribution < 1.29 is 19.3 Å². The standard InChI is InChI=1S/C14H21FO3/c1-11(2)18-8-7-14(9-16,10-17)12-3-5-13(15)6-4-12/h3-6,11,16-17H,7-10H2,1-2H3. The smallest absolute Gasteiger partial charge is 0.123 e. The summed E-state index contributed by atoms with van der Waals surface area (Å²) in [6.07, 6.45) is 0.595. The van der Waals surface area contributed by atoms with Gasteiger partial charge in [0, 0.05) is 12.0 Å². The molecule has 0 aliphatic heterocycles. The fourth-order valence-corrected chi connectivity index (χ4v) is 1.83. The first kappa shape index (κ1) is 15.1. The number of aliphatic hydroxyl groups is 2. The SMILES string of the molecule is CC(C)OCCC(CO)(CO)c1ccc(F)cc1. The van der Waals surface area contributed by atoms with Gasteiger partial charge >= 0.3 is 0 Å². The molecule has 0 fully saturated rings. The maximum atomic E-state index is 12.9. The quantitative estimate of drug-likeness (QED) is 0.783. The van der Waals surface area contributed by atoms with E-state index in [-0.39, 0.29) is 25.1 Å². The van der Waals surface area contributed by atoms with Gasteiger partial charge in [-0.25, -0.2) is 4.39 Å². The Bertz CT molecular complexity index is 345. The normalized spacial score (nSPS) is 12.1. The van der Waals surface area contributed by atoms with Crippen LogP contribution >= 0.6 is 0 Å². The number of ether oxygens (including phenoxy) is 1. The molecular weight excluding hydrogens is 235 g/mol. The number of benzene rings is 1. The first-order valence-corrected chi connectivity index (χ1v) is 6.13. The van der Waals surface area contributed by atoms with Gasteiger partial charge in [0.2, 0.25) is 0 Å². The highest BCUT2D eigenvalue weighted by molar-refractivity contribution is 5.26. The zero-order chi connectivity index (χ0) is 13.6. The lowest BCUT2D eigenvalue weighted by atomic mass is 9.79. The summed E-state index contributed by atoms with van der Waals surface area (Å²) in [6, 6.07) is 5.85. The lowest BCUT2D eigenvalue weighted by molar-refractivity contribution is 0.0363. The topological polar surface area (TPSA) is 49.7 Å². The first-order valence-electron chi connectivity index (χ1n) is 6.13. The van der Waals surface area contributed by atoms with Crippen molar-refractivity contribution in [3.8, 4) is 0 Å². The molecule has 0 unspecified atom stereocenters. The van der Waals surface area contributed by atoms with Crippen LogP contribution in [0.4, 0.5) is 4.39 Å². The van der Waals surface area contributed by atoms with Gasteiger partial charge in [0.15, 0.2) is 0 Å². The van der Waals surface area contributed by atoms with E-state index in [1.807, 2.05) is 13.8 Å². The minimum Gasteiger partial charge on any atom is -0.395 e. The van der Waals surface area contributed by atoms with Crippen molar-refractivity contribution in [1.82, 2.24) is 0 Å². The third-order valence-electron chi connectivity index (χ3n) is 3.09. The molecule has 0 radical (unpaired) electrons. The second kappa shape index (κ2) is 6.83. The monoisotopic (exact) mass is 256 g/mol. The second-order valence-corrected chi connectivity index (χ2v) is 4.77. The molecule has 4 heteroatoms. The Balaban J connectivity index is 2.81. The highest BCUT2D eigenvalue weighted by Gasteiger charge is 2.30. The zero-order valence-corrected chi connectivity index (χ0v) is 10.9. The first-order chi connectivity index (χ1) is 8.54. The van der Waals surface area contributed by atoms with E-state index in [0.717, 1.165) is 5.56 Å². The summed E-state index contributed by atoms with van der Waals surface area (Å²) < 4.78 is 18.3. The van der Waals surface area contributed by atoms with Crippen LogP contribution in [0.15, 0.2) is 24.3 Å². The van der Waals surface area contributed by atoms with E-state index in [0.29, 0.717) is 13.0 Å². The predicted octanol–water partition coefficient (Wildman–Crippen LogP) is 1.86. The van der Waals surface area contributed by atoms with Gasteiger partial charge in [-0.15, -0.1) is 0 Å². The summed E-state index contributed by atoms with van der Waals surface area (Å²) in [4.78, 5) is 0. The van der Waals surface area contributed by atoms with Crippen molar-refractivity contribution in [2.75, 3.05) is 19.8 Å². The third-order valence-corrected chi connectivity index (χ3v) is 3.09. The number of hydrogen-bond donors (Lipinski definition) is 2. The molecule has 0 bridgehead atoms. The molecule has 0 aliphatic carbocycles. The molecule has 0 heterocycles. The minimum absolute atomic E-state index is 0.105. The van der Waals surface area contributed by atoms with Crippen LogP contribution in [0.5, 0.6) is 0 Å². The van der Waals surface area contributed by atoms with Crippen LogP contribution in [-0.2, 0) is 10.2 Å². The van der Waals surface area contributed by atoms with Crippen LogP contribution in [0.3, 0.4) is 0 Å². The summed E-state index contributed by atoms with van der Waals surface area (Å²) in [5.41, 5.74) is -0.0518. The Morgan fingerprint density at radius 3 is 2.17 bits per heavy atom. The van der Waals surface area contributed by atoms with Crippen molar-refractivity contribution in [3.63, 3.8) is 0 Å². The van der Waals surface area contributed by atoms with Crippen LogP contribution in [-0.4, -0.2) is 36.1 Å². The van der Waals surface area contributed by atoms with Gasteiger partial charge in [0.1, 0.15) is 5.82 Å². The van der Waals surface area contributed by atoms with E-state index in [9.17, 15) is 14.6 Å². The summed E-state index contributed by atoms with van der Waals surface area (Å²) in [7, 11) is 0. The Kier molecular flexibility index (Phi) is 5.72. The molecule has 0 spiro atoms. The maximum absolute atomic E-state index is 12.9. The summed E-state index contributed by atoms with van der Waals surface area (Å²) >= 11 is 0. The molecule has 0 aliphatic rings. The van der Waals surface area contributed by atoms with Crippen molar-refractivity contribution in [1.29, 1.82) is 0 Å². The second-order valence-electron chi connectivity index (χ2n) is 4.77. The van der Waals surface area contributed by atoms with Gasteiger partial charge in [0.05, 0.1) is 19.3 Å². The van der Waals surface area contributed by atoms with Crippen LogP contribution in [0.25, 0.3) is 0 Å². The summed E-state index contributed by atoms with van der Waals surface area (Å²) in [6.45, 7) is 3.90. The van der Waals surface area contributed by atoms with E-state index in [1.165, 1.54) is 12.1 Å². The van der Waals surface area contributed by atoms with Crippen LogP contribution < -0.4 is 0 Å². The van der Waals surface area contributed by atoms with Gasteiger partial charge in [0.25, 0.3) is 0 Å². The van der Waals surface area contributed by atoms with Gasteiger partial charge in [-0.2, -0.15) is 0 Å². The largest absolute Gasteiger partial charge is 0.395 e. The van der Waals surface area contributed by atoms with Crippen molar-refractivity contribution in [2.45, 2.75) is 31.8 Å². The Morgan fingerprint density at radius 2 is 1.72 bits per heavy atom. The average molecular weight is 256 g/mol. The van der Waals surface area contributed by atoms with Gasteiger partial charge in [-0.05, 0) is 38.0 Å². The molecule has 0 saturated carbocycles. The lowest BCUT2D eigenvalue weighted by Crippen LogP contribution is -2.36. The molecule has 3 nitrogen and oxygen atoms in total. The van der Waals surface area contributed by atoms with Crippen molar-refractivity contribution in [3.05, 3.63) is 35.6 Å². The molecule has 0 amide bonds. The predicted molar refractivity (Wildman–Crippen MR) is 68.0 cm³/mol. The van der Waals surface area contributed by atoms with Crippen LogP contribution in [0, 0.1) is 5.82 Å². The Hall–Kier alpha value is -0.970. The minimum atomic E-state index is -0.775. The van der Waals surface area contributed by atoms with E-state index in [4.69, 9.17) is 4.74 Å². The summed E-state index contributed by atoms with van der Waals surface area (Å²) in [5, 5.41) is 19.1. The van der Waals surface area contributed by atoms with Crippen LogP contribution in [0.2, 0.25) is 0 Å².